The SMILES string of the molecule is NC(=O)c1ccc(F)c(CN2CCOC(C(=O)O)C2)c1. The number of primary amides is 1. The van der Waals surface area contributed by atoms with Crippen molar-refractivity contribution in [3.8, 4) is 0 Å². The van der Waals surface area contributed by atoms with Crippen LogP contribution in [0.3, 0.4) is 0 Å². The number of hydrogen-bond acceptors (Lipinski definition) is 4. The number of morpholine rings is 1. The second kappa shape index (κ2) is 5.98. The number of ether oxygens (including phenoxy) is 1. The summed E-state index contributed by atoms with van der Waals surface area (Å²) in [6.45, 7) is 1.16. The van der Waals surface area contributed by atoms with E-state index in [0.29, 0.717) is 12.1 Å². The van der Waals surface area contributed by atoms with Crippen molar-refractivity contribution in [2.45, 2.75) is 12.6 Å². The van der Waals surface area contributed by atoms with Crippen molar-refractivity contribution in [3.63, 3.8) is 0 Å². The lowest BCUT2D eigenvalue weighted by Crippen LogP contribution is -2.45. The maximum Gasteiger partial charge on any atom is 0.334 e. The number of aliphatic carboxylic acids is 1. The van der Waals surface area contributed by atoms with Gasteiger partial charge in [0.15, 0.2) is 6.10 Å². The lowest BCUT2D eigenvalue weighted by molar-refractivity contribution is -0.156. The second-order valence-corrected chi connectivity index (χ2v) is 4.60. The van der Waals surface area contributed by atoms with Gasteiger partial charge < -0.3 is 15.6 Å². The molecule has 1 heterocycles. The van der Waals surface area contributed by atoms with E-state index in [1.54, 1.807) is 4.90 Å². The Kier molecular flexibility index (Phi) is 4.31. The van der Waals surface area contributed by atoms with Crippen LogP contribution >= 0.6 is 0 Å². The zero-order chi connectivity index (χ0) is 14.7. The van der Waals surface area contributed by atoms with E-state index in [2.05, 4.69) is 0 Å². The molecule has 6 nitrogen and oxygen atoms in total. The molecule has 1 atom stereocenters. The molecule has 0 aromatic heterocycles. The first-order chi connectivity index (χ1) is 9.47. The maximum absolute atomic E-state index is 13.7. The Balaban J connectivity index is 2.11. The van der Waals surface area contributed by atoms with Gasteiger partial charge in [-0.15, -0.1) is 0 Å². The van der Waals surface area contributed by atoms with E-state index >= 15 is 0 Å². The van der Waals surface area contributed by atoms with Crippen LogP contribution in [0.1, 0.15) is 15.9 Å². The molecule has 1 aliphatic heterocycles. The van der Waals surface area contributed by atoms with Crippen molar-refractivity contribution in [2.24, 2.45) is 5.73 Å². The lowest BCUT2D eigenvalue weighted by Gasteiger charge is -2.30. The molecule has 108 valence electrons. The molecule has 0 radical (unpaired) electrons. The molecule has 1 aliphatic rings. The number of carbonyl (C=O) groups excluding carboxylic acids is 1. The van der Waals surface area contributed by atoms with Crippen LogP contribution in [0, 0.1) is 5.82 Å². The largest absolute Gasteiger partial charge is 0.479 e. The summed E-state index contributed by atoms with van der Waals surface area (Å²) in [6, 6.07) is 3.90. The van der Waals surface area contributed by atoms with E-state index in [1.165, 1.54) is 18.2 Å². The van der Waals surface area contributed by atoms with Gasteiger partial charge in [0.1, 0.15) is 5.82 Å². The molecule has 20 heavy (non-hydrogen) atoms. The molecule has 1 fully saturated rings. The Morgan fingerprint density at radius 1 is 1.50 bits per heavy atom. The average molecular weight is 282 g/mol. The summed E-state index contributed by atoms with van der Waals surface area (Å²) in [5.41, 5.74) is 5.69. The average Bonchev–Trinajstić information content (AvgIpc) is 2.41. The van der Waals surface area contributed by atoms with Crippen molar-refractivity contribution in [2.75, 3.05) is 19.7 Å². The number of hydrogen-bond donors (Lipinski definition) is 2. The predicted octanol–water partition coefficient (Wildman–Crippen LogP) is 0.210. The molecule has 1 aromatic carbocycles. The van der Waals surface area contributed by atoms with Gasteiger partial charge >= 0.3 is 5.97 Å². The number of rotatable bonds is 4. The molecule has 1 amide bonds. The fourth-order valence-electron chi connectivity index (χ4n) is 2.09. The number of halogens is 1. The van der Waals surface area contributed by atoms with Crippen LogP contribution in [-0.2, 0) is 16.1 Å². The highest BCUT2D eigenvalue weighted by Crippen LogP contribution is 2.15. The molecular formula is C13H15FN2O4. The number of nitrogens with two attached hydrogens (primary N) is 1. The first-order valence-electron chi connectivity index (χ1n) is 6.12. The van der Waals surface area contributed by atoms with Gasteiger partial charge in [-0.05, 0) is 18.2 Å². The molecule has 0 saturated carbocycles. The molecular weight excluding hydrogens is 267 g/mol. The third kappa shape index (κ3) is 3.31. The Hall–Kier alpha value is -1.99. The number of carboxylic acid groups (broad SMARTS) is 1. The fraction of sp³-hybridized carbons (Fsp3) is 0.385. The van der Waals surface area contributed by atoms with Gasteiger partial charge in [0.2, 0.25) is 5.91 Å². The molecule has 3 N–H and O–H groups in total. The number of benzene rings is 1. The summed E-state index contributed by atoms with van der Waals surface area (Å²) >= 11 is 0. The Labute approximate surface area is 114 Å². The van der Waals surface area contributed by atoms with Crippen molar-refractivity contribution < 1.29 is 23.8 Å². The number of carbonyl (C=O) groups is 2. The summed E-state index contributed by atoms with van der Waals surface area (Å²) < 4.78 is 18.8. The zero-order valence-corrected chi connectivity index (χ0v) is 10.7. The van der Waals surface area contributed by atoms with Crippen molar-refractivity contribution in [1.29, 1.82) is 0 Å². The van der Waals surface area contributed by atoms with Crippen LogP contribution in [0.2, 0.25) is 0 Å². The summed E-state index contributed by atoms with van der Waals surface area (Å²) in [5.74, 6) is -2.12. The van der Waals surface area contributed by atoms with Crippen LogP contribution in [0.4, 0.5) is 4.39 Å². The first-order valence-corrected chi connectivity index (χ1v) is 6.12. The quantitative estimate of drug-likeness (QED) is 0.823. The smallest absolute Gasteiger partial charge is 0.334 e. The summed E-state index contributed by atoms with van der Waals surface area (Å²) in [5, 5.41) is 8.91. The van der Waals surface area contributed by atoms with E-state index in [0.717, 1.165) is 0 Å². The van der Waals surface area contributed by atoms with Crippen molar-refractivity contribution in [1.82, 2.24) is 4.90 Å². The Bertz CT molecular complexity index is 535. The van der Waals surface area contributed by atoms with E-state index in [-0.39, 0.29) is 25.3 Å². The topological polar surface area (TPSA) is 92.9 Å². The van der Waals surface area contributed by atoms with Gasteiger partial charge in [-0.25, -0.2) is 9.18 Å². The molecule has 1 saturated heterocycles. The molecule has 0 aliphatic carbocycles. The zero-order valence-electron chi connectivity index (χ0n) is 10.7. The van der Waals surface area contributed by atoms with Crippen LogP contribution in [-0.4, -0.2) is 47.7 Å². The molecule has 1 aromatic rings. The van der Waals surface area contributed by atoms with Crippen molar-refractivity contribution in [3.05, 3.63) is 35.1 Å². The fourth-order valence-corrected chi connectivity index (χ4v) is 2.09. The van der Waals surface area contributed by atoms with E-state index < -0.39 is 23.8 Å². The van der Waals surface area contributed by atoms with E-state index in [4.69, 9.17) is 15.6 Å². The van der Waals surface area contributed by atoms with Gasteiger partial charge in [-0.2, -0.15) is 0 Å². The maximum atomic E-state index is 13.7. The number of amides is 1. The molecule has 7 heteroatoms. The molecule has 0 bridgehead atoms. The monoisotopic (exact) mass is 282 g/mol. The van der Waals surface area contributed by atoms with Crippen LogP contribution < -0.4 is 5.73 Å². The minimum absolute atomic E-state index is 0.176. The van der Waals surface area contributed by atoms with Gasteiger partial charge in [-0.1, -0.05) is 0 Å². The summed E-state index contributed by atoms with van der Waals surface area (Å²) in [6.07, 6.45) is -0.911. The number of nitrogens with zero attached hydrogens (tertiary/aromatic N) is 1. The van der Waals surface area contributed by atoms with Gasteiger partial charge in [0.05, 0.1) is 6.61 Å². The second-order valence-electron chi connectivity index (χ2n) is 4.60. The highest BCUT2D eigenvalue weighted by atomic mass is 19.1. The third-order valence-corrected chi connectivity index (χ3v) is 3.15. The number of carboxylic acids is 1. The van der Waals surface area contributed by atoms with Gasteiger partial charge in [0.25, 0.3) is 0 Å². The summed E-state index contributed by atoms with van der Waals surface area (Å²) in [7, 11) is 0. The minimum atomic E-state index is -1.04. The van der Waals surface area contributed by atoms with E-state index in [1.807, 2.05) is 0 Å². The van der Waals surface area contributed by atoms with Crippen molar-refractivity contribution >= 4 is 11.9 Å². The highest BCUT2D eigenvalue weighted by molar-refractivity contribution is 5.92. The van der Waals surface area contributed by atoms with Crippen LogP contribution in [0.5, 0.6) is 0 Å². The van der Waals surface area contributed by atoms with Crippen LogP contribution in [0.25, 0.3) is 0 Å². The normalized spacial score (nSPS) is 19.8. The Morgan fingerprint density at radius 2 is 2.25 bits per heavy atom. The molecule has 0 spiro atoms. The summed E-state index contributed by atoms with van der Waals surface area (Å²) in [4.78, 5) is 23.7. The van der Waals surface area contributed by atoms with E-state index in [9.17, 15) is 14.0 Å². The van der Waals surface area contributed by atoms with Gasteiger partial charge in [-0.3, -0.25) is 9.69 Å². The van der Waals surface area contributed by atoms with Crippen LogP contribution in [0.15, 0.2) is 18.2 Å². The standard InChI is InChI=1S/C13H15FN2O4/c14-10-2-1-8(12(15)17)5-9(10)6-16-3-4-20-11(7-16)13(18)19/h1-2,5,11H,3-4,6-7H2,(H2,15,17)(H,18,19). The Morgan fingerprint density at radius 3 is 2.90 bits per heavy atom. The lowest BCUT2D eigenvalue weighted by atomic mass is 10.1. The predicted molar refractivity (Wildman–Crippen MR) is 67.6 cm³/mol. The molecule has 2 rings (SSSR count). The first kappa shape index (κ1) is 14.4. The molecule has 1 unspecified atom stereocenters. The van der Waals surface area contributed by atoms with Gasteiger partial charge in [0, 0.05) is 30.8 Å². The third-order valence-electron chi connectivity index (χ3n) is 3.15. The minimum Gasteiger partial charge on any atom is -0.479 e. The highest BCUT2D eigenvalue weighted by Gasteiger charge is 2.26.